The summed E-state index contributed by atoms with van der Waals surface area (Å²) in [5.74, 6) is -0.580. The summed E-state index contributed by atoms with van der Waals surface area (Å²) in [6.45, 7) is 7.90. The third kappa shape index (κ3) is 5.75. The Kier molecular flexibility index (Phi) is 6.68. The van der Waals surface area contributed by atoms with E-state index >= 15 is 0 Å². The summed E-state index contributed by atoms with van der Waals surface area (Å²) in [7, 11) is 0. The minimum absolute atomic E-state index is 0.113. The molecule has 1 unspecified atom stereocenters. The van der Waals surface area contributed by atoms with E-state index in [9.17, 15) is 9.59 Å². The van der Waals surface area contributed by atoms with Crippen molar-refractivity contribution in [3.63, 3.8) is 0 Å². The van der Waals surface area contributed by atoms with E-state index in [0.717, 1.165) is 4.88 Å². The second-order valence-corrected chi connectivity index (χ2v) is 6.85. The first-order valence-corrected chi connectivity index (χ1v) is 8.02. The Balaban J connectivity index is 2.67. The van der Waals surface area contributed by atoms with Crippen LogP contribution in [0.15, 0.2) is 17.5 Å². The largest absolute Gasteiger partial charge is 0.480 e. The Labute approximate surface area is 129 Å². The van der Waals surface area contributed by atoms with Gasteiger partial charge in [-0.05, 0) is 29.7 Å². The number of carbonyl (C=O) groups is 2. The Morgan fingerprint density at radius 2 is 1.90 bits per heavy atom. The van der Waals surface area contributed by atoms with Gasteiger partial charge in [0.05, 0.1) is 6.04 Å². The van der Waals surface area contributed by atoms with E-state index in [-0.39, 0.29) is 17.9 Å². The fraction of sp³-hybridized carbons (Fsp3) is 0.600. The number of amides is 2. The summed E-state index contributed by atoms with van der Waals surface area (Å²) in [5.41, 5.74) is 0. The highest BCUT2D eigenvalue weighted by Gasteiger charge is 2.24. The molecule has 1 aromatic heterocycles. The average Bonchev–Trinajstić information content (AvgIpc) is 2.87. The number of rotatable bonds is 7. The molecule has 5 nitrogen and oxygen atoms in total. The molecule has 1 rings (SSSR count). The summed E-state index contributed by atoms with van der Waals surface area (Å²) in [5, 5.41) is 16.5. The molecule has 2 atom stereocenters. The fourth-order valence-corrected chi connectivity index (χ4v) is 3.02. The Hall–Kier alpha value is -1.56. The molecule has 0 spiro atoms. The van der Waals surface area contributed by atoms with E-state index in [1.165, 1.54) is 0 Å². The number of aliphatic carboxylic acids is 1. The van der Waals surface area contributed by atoms with Gasteiger partial charge in [0.1, 0.15) is 6.04 Å². The molecule has 0 saturated heterocycles. The van der Waals surface area contributed by atoms with E-state index in [1.54, 1.807) is 11.3 Å². The van der Waals surface area contributed by atoms with Gasteiger partial charge in [0, 0.05) is 4.88 Å². The molecule has 0 bridgehead atoms. The Morgan fingerprint density at radius 3 is 2.33 bits per heavy atom. The van der Waals surface area contributed by atoms with Crippen LogP contribution in [-0.4, -0.2) is 23.1 Å². The van der Waals surface area contributed by atoms with Gasteiger partial charge >= 0.3 is 12.0 Å². The topological polar surface area (TPSA) is 78.4 Å². The third-order valence-corrected chi connectivity index (χ3v) is 4.07. The lowest BCUT2D eigenvalue weighted by molar-refractivity contribution is -0.139. The van der Waals surface area contributed by atoms with E-state index in [1.807, 2.05) is 45.2 Å². The minimum Gasteiger partial charge on any atom is -0.480 e. The van der Waals surface area contributed by atoms with Gasteiger partial charge in [0.2, 0.25) is 0 Å². The lowest BCUT2D eigenvalue weighted by Gasteiger charge is -2.23. The van der Waals surface area contributed by atoms with Gasteiger partial charge in [0.25, 0.3) is 0 Å². The Morgan fingerprint density at radius 1 is 1.24 bits per heavy atom. The van der Waals surface area contributed by atoms with Crippen molar-refractivity contribution < 1.29 is 14.7 Å². The van der Waals surface area contributed by atoms with Crippen LogP contribution in [0.3, 0.4) is 0 Å². The molecule has 1 aromatic rings. The molecule has 0 aromatic carbocycles. The number of hydrogen-bond donors (Lipinski definition) is 3. The maximum Gasteiger partial charge on any atom is 0.326 e. The average molecular weight is 312 g/mol. The highest BCUT2D eigenvalue weighted by molar-refractivity contribution is 7.10. The number of carboxylic acid groups (broad SMARTS) is 1. The highest BCUT2D eigenvalue weighted by Crippen LogP contribution is 2.25. The summed E-state index contributed by atoms with van der Waals surface area (Å²) < 4.78 is 0. The zero-order valence-electron chi connectivity index (χ0n) is 12.9. The maximum absolute atomic E-state index is 12.1. The van der Waals surface area contributed by atoms with Crippen LogP contribution in [0.5, 0.6) is 0 Å². The van der Waals surface area contributed by atoms with Crippen molar-refractivity contribution in [2.45, 2.75) is 46.2 Å². The van der Waals surface area contributed by atoms with Crippen molar-refractivity contribution in [2.75, 3.05) is 0 Å². The summed E-state index contributed by atoms with van der Waals surface area (Å²) in [6, 6.07) is 2.50. The van der Waals surface area contributed by atoms with E-state index < -0.39 is 18.0 Å². The highest BCUT2D eigenvalue weighted by atomic mass is 32.1. The van der Waals surface area contributed by atoms with Gasteiger partial charge in [-0.15, -0.1) is 11.3 Å². The Bertz CT molecular complexity index is 457. The van der Waals surface area contributed by atoms with Gasteiger partial charge in [-0.1, -0.05) is 33.8 Å². The fourth-order valence-electron chi connectivity index (χ4n) is 2.07. The second-order valence-electron chi connectivity index (χ2n) is 5.88. The molecule has 0 radical (unpaired) electrons. The standard InChI is InChI=1S/C15H24N2O3S/c1-9(2)8-11(14(18)19)16-15(20)17-13(10(3)4)12-6-5-7-21-12/h5-7,9-11,13H,8H2,1-4H3,(H,18,19)(H2,16,17,20)/t11-,13?/m0/s1. The summed E-state index contributed by atoms with van der Waals surface area (Å²) >= 11 is 1.58. The van der Waals surface area contributed by atoms with Gasteiger partial charge in [-0.25, -0.2) is 9.59 Å². The zero-order chi connectivity index (χ0) is 16.0. The number of nitrogens with one attached hydrogen (secondary N) is 2. The first kappa shape index (κ1) is 17.5. The molecule has 1 heterocycles. The quantitative estimate of drug-likeness (QED) is 0.723. The molecule has 3 N–H and O–H groups in total. The summed E-state index contributed by atoms with van der Waals surface area (Å²) in [6.07, 6.45) is 0.411. The molecule has 2 amide bonds. The van der Waals surface area contributed by atoms with Crippen LogP contribution in [-0.2, 0) is 4.79 Å². The monoisotopic (exact) mass is 312 g/mol. The number of urea groups is 1. The van der Waals surface area contributed by atoms with Crippen molar-refractivity contribution in [3.05, 3.63) is 22.4 Å². The molecule has 0 aliphatic heterocycles. The van der Waals surface area contributed by atoms with Crippen LogP contribution in [0.2, 0.25) is 0 Å². The maximum atomic E-state index is 12.1. The molecular formula is C15H24N2O3S. The number of carbonyl (C=O) groups excluding carboxylic acids is 1. The molecule has 21 heavy (non-hydrogen) atoms. The first-order chi connectivity index (χ1) is 9.81. The van der Waals surface area contributed by atoms with Crippen LogP contribution in [0.25, 0.3) is 0 Å². The van der Waals surface area contributed by atoms with Crippen LogP contribution < -0.4 is 10.6 Å². The lowest BCUT2D eigenvalue weighted by Crippen LogP contribution is -2.48. The predicted molar refractivity (Wildman–Crippen MR) is 84.4 cm³/mol. The second kappa shape index (κ2) is 8.02. The molecule has 0 fully saturated rings. The predicted octanol–water partition coefficient (Wildman–Crippen LogP) is 3.24. The normalized spacial score (nSPS) is 14.0. The molecule has 0 aliphatic rings. The van der Waals surface area contributed by atoms with Gasteiger partial charge in [-0.2, -0.15) is 0 Å². The van der Waals surface area contributed by atoms with E-state index in [4.69, 9.17) is 5.11 Å². The smallest absolute Gasteiger partial charge is 0.326 e. The first-order valence-electron chi connectivity index (χ1n) is 7.14. The van der Waals surface area contributed by atoms with Crippen molar-refractivity contribution in [3.8, 4) is 0 Å². The van der Waals surface area contributed by atoms with E-state index in [2.05, 4.69) is 10.6 Å². The SMILES string of the molecule is CC(C)C[C@H](NC(=O)NC(c1cccs1)C(C)C)C(=O)O. The van der Waals surface area contributed by atoms with Crippen molar-refractivity contribution >= 4 is 23.3 Å². The van der Waals surface area contributed by atoms with Crippen LogP contribution in [0.1, 0.15) is 45.0 Å². The molecule has 0 aliphatic carbocycles. The van der Waals surface area contributed by atoms with Crippen LogP contribution in [0.4, 0.5) is 4.79 Å². The minimum atomic E-state index is -1.00. The number of thiophene rings is 1. The number of carboxylic acids is 1. The van der Waals surface area contributed by atoms with Crippen molar-refractivity contribution in [1.29, 1.82) is 0 Å². The van der Waals surface area contributed by atoms with Crippen LogP contribution >= 0.6 is 11.3 Å². The van der Waals surface area contributed by atoms with Gasteiger partial charge < -0.3 is 15.7 Å². The molecular weight excluding hydrogens is 288 g/mol. The molecule has 6 heteroatoms. The van der Waals surface area contributed by atoms with Crippen LogP contribution in [0, 0.1) is 11.8 Å². The van der Waals surface area contributed by atoms with Gasteiger partial charge in [0.15, 0.2) is 0 Å². The number of hydrogen-bond acceptors (Lipinski definition) is 3. The van der Waals surface area contributed by atoms with Crippen molar-refractivity contribution in [1.82, 2.24) is 10.6 Å². The molecule has 0 saturated carbocycles. The lowest BCUT2D eigenvalue weighted by atomic mass is 10.0. The summed E-state index contributed by atoms with van der Waals surface area (Å²) in [4.78, 5) is 24.3. The zero-order valence-corrected chi connectivity index (χ0v) is 13.7. The van der Waals surface area contributed by atoms with Crippen molar-refractivity contribution in [2.24, 2.45) is 11.8 Å². The third-order valence-electron chi connectivity index (χ3n) is 3.11. The molecule has 118 valence electrons. The van der Waals surface area contributed by atoms with E-state index in [0.29, 0.717) is 6.42 Å². The van der Waals surface area contributed by atoms with Gasteiger partial charge in [-0.3, -0.25) is 0 Å².